The monoisotopic (exact) mass is 454 g/mol. The molecular formula is C25H34N4O4. The van der Waals surface area contributed by atoms with Crippen molar-refractivity contribution in [2.45, 2.75) is 26.0 Å². The van der Waals surface area contributed by atoms with E-state index in [4.69, 9.17) is 4.74 Å². The third kappa shape index (κ3) is 5.57. The number of nitrogens with zero attached hydrogens (tertiary/aromatic N) is 3. The predicted molar refractivity (Wildman–Crippen MR) is 130 cm³/mol. The number of ether oxygens (including phenoxy) is 1. The highest BCUT2D eigenvalue weighted by Crippen LogP contribution is 2.36. The fraction of sp³-hybridized carbons (Fsp3) is 0.440. The van der Waals surface area contributed by atoms with Gasteiger partial charge in [-0.05, 0) is 31.2 Å². The van der Waals surface area contributed by atoms with E-state index in [1.54, 1.807) is 22.9 Å². The Morgan fingerprint density at radius 2 is 1.88 bits per heavy atom. The molecule has 178 valence electrons. The minimum absolute atomic E-state index is 0.0849. The van der Waals surface area contributed by atoms with Crippen molar-refractivity contribution in [2.75, 3.05) is 51.1 Å². The summed E-state index contributed by atoms with van der Waals surface area (Å²) >= 11 is 0. The molecule has 1 heterocycles. The third-order valence-electron chi connectivity index (χ3n) is 5.98. The number of rotatable bonds is 6. The van der Waals surface area contributed by atoms with Crippen molar-refractivity contribution in [3.63, 3.8) is 0 Å². The summed E-state index contributed by atoms with van der Waals surface area (Å²) in [7, 11) is 5.52. The highest BCUT2D eigenvalue weighted by Gasteiger charge is 2.35. The Morgan fingerprint density at radius 1 is 1.18 bits per heavy atom. The van der Waals surface area contributed by atoms with Crippen LogP contribution in [0.25, 0.3) is 0 Å². The Kier molecular flexibility index (Phi) is 7.81. The molecule has 3 amide bonds. The quantitative estimate of drug-likeness (QED) is 0.701. The van der Waals surface area contributed by atoms with Crippen LogP contribution < -0.4 is 15.0 Å². The Morgan fingerprint density at radius 3 is 2.52 bits per heavy atom. The molecule has 2 aromatic rings. The van der Waals surface area contributed by atoms with Crippen LogP contribution in [0, 0.1) is 5.92 Å². The minimum Gasteiger partial charge on any atom is -0.485 e. The van der Waals surface area contributed by atoms with Crippen molar-refractivity contribution in [3.05, 3.63) is 54.1 Å². The van der Waals surface area contributed by atoms with Crippen molar-refractivity contribution in [3.8, 4) is 5.75 Å². The summed E-state index contributed by atoms with van der Waals surface area (Å²) in [6, 6.07) is 14.2. The molecule has 0 saturated carbocycles. The van der Waals surface area contributed by atoms with Crippen LogP contribution in [-0.4, -0.2) is 79.8 Å². The van der Waals surface area contributed by atoms with Gasteiger partial charge in [-0.1, -0.05) is 31.2 Å². The van der Waals surface area contributed by atoms with Gasteiger partial charge in [0.15, 0.2) is 5.75 Å². The van der Waals surface area contributed by atoms with Gasteiger partial charge < -0.3 is 29.9 Å². The summed E-state index contributed by atoms with van der Waals surface area (Å²) in [5.74, 6) is 0.241. The zero-order valence-corrected chi connectivity index (χ0v) is 20.0. The number of likely N-dealkylation sites (N-methyl/N-ethyl adjacent to an activating group) is 1. The van der Waals surface area contributed by atoms with Crippen molar-refractivity contribution >= 4 is 23.3 Å². The van der Waals surface area contributed by atoms with Gasteiger partial charge >= 0.3 is 6.03 Å². The normalized spacial score (nSPS) is 19.0. The summed E-state index contributed by atoms with van der Waals surface area (Å²) in [6.07, 6.45) is -0.363. The van der Waals surface area contributed by atoms with E-state index in [0.29, 0.717) is 24.4 Å². The number of nitrogens with one attached hydrogen (secondary N) is 1. The molecule has 0 fully saturated rings. The van der Waals surface area contributed by atoms with E-state index in [1.165, 1.54) is 0 Å². The Bertz CT molecular complexity index is 966. The van der Waals surface area contributed by atoms with Gasteiger partial charge in [0, 0.05) is 39.3 Å². The van der Waals surface area contributed by atoms with Gasteiger partial charge in [0.1, 0.15) is 6.10 Å². The van der Waals surface area contributed by atoms with Crippen LogP contribution in [0.3, 0.4) is 0 Å². The fourth-order valence-corrected chi connectivity index (χ4v) is 3.89. The van der Waals surface area contributed by atoms with Crippen LogP contribution in [0.4, 0.5) is 16.2 Å². The van der Waals surface area contributed by atoms with Gasteiger partial charge in [-0.2, -0.15) is 0 Å². The van der Waals surface area contributed by atoms with Crippen molar-refractivity contribution in [2.24, 2.45) is 5.92 Å². The number of para-hydroxylation sites is 2. The van der Waals surface area contributed by atoms with E-state index < -0.39 is 0 Å². The van der Waals surface area contributed by atoms with Gasteiger partial charge in [0.25, 0.3) is 5.91 Å². The van der Waals surface area contributed by atoms with Crippen molar-refractivity contribution in [1.29, 1.82) is 0 Å². The molecule has 0 saturated heterocycles. The maximum Gasteiger partial charge on any atom is 0.321 e. The minimum atomic E-state index is -0.363. The number of anilines is 2. The first-order valence-corrected chi connectivity index (χ1v) is 11.2. The first kappa shape index (κ1) is 24.4. The number of hydrogen-bond acceptors (Lipinski definition) is 5. The lowest BCUT2D eigenvalue weighted by atomic mass is 9.99. The van der Waals surface area contributed by atoms with Crippen molar-refractivity contribution in [1.82, 2.24) is 9.80 Å². The number of urea groups is 1. The molecule has 2 aromatic carbocycles. The van der Waals surface area contributed by atoms with Gasteiger partial charge in [-0.25, -0.2) is 4.79 Å². The third-order valence-corrected chi connectivity index (χ3v) is 5.98. The molecular weight excluding hydrogens is 420 g/mol. The maximum atomic E-state index is 13.4. The number of aliphatic hydroxyl groups is 1. The zero-order valence-electron chi connectivity index (χ0n) is 20.0. The van der Waals surface area contributed by atoms with E-state index in [2.05, 4.69) is 5.32 Å². The number of hydrogen-bond donors (Lipinski definition) is 2. The van der Waals surface area contributed by atoms with Crippen LogP contribution in [0.1, 0.15) is 24.2 Å². The van der Waals surface area contributed by atoms with Crippen molar-refractivity contribution < 1.29 is 19.4 Å². The SMILES string of the molecule is C[C@H](CO)N1C[C@H](C)[C@H](CN(C)C(=O)Nc2ccccc2)Oc2c(cccc2N(C)C)C1=O. The van der Waals surface area contributed by atoms with Gasteiger partial charge in [-0.15, -0.1) is 0 Å². The van der Waals surface area contributed by atoms with E-state index in [-0.39, 0.29) is 36.6 Å². The van der Waals surface area contributed by atoms with Gasteiger partial charge in [-0.3, -0.25) is 4.79 Å². The zero-order chi connectivity index (χ0) is 24.1. The van der Waals surface area contributed by atoms with E-state index in [1.807, 2.05) is 75.3 Å². The average molecular weight is 455 g/mol. The van der Waals surface area contributed by atoms with E-state index >= 15 is 0 Å². The first-order chi connectivity index (χ1) is 15.7. The molecule has 0 aliphatic carbocycles. The van der Waals surface area contributed by atoms with Crippen LogP contribution in [0.15, 0.2) is 48.5 Å². The summed E-state index contributed by atoms with van der Waals surface area (Å²) < 4.78 is 6.47. The molecule has 0 bridgehead atoms. The van der Waals surface area contributed by atoms with Crippen LogP contribution in [0.5, 0.6) is 5.75 Å². The highest BCUT2D eigenvalue weighted by atomic mass is 16.5. The summed E-state index contributed by atoms with van der Waals surface area (Å²) in [4.78, 5) is 31.4. The molecule has 1 aliphatic rings. The number of aliphatic hydroxyl groups excluding tert-OH is 1. The topological polar surface area (TPSA) is 85.3 Å². The molecule has 1 aliphatic heterocycles. The molecule has 0 aromatic heterocycles. The second-order valence-electron chi connectivity index (χ2n) is 8.85. The number of carbonyl (C=O) groups is 2. The largest absolute Gasteiger partial charge is 0.485 e. The van der Waals surface area contributed by atoms with Crippen LogP contribution in [0.2, 0.25) is 0 Å². The lowest BCUT2D eigenvalue weighted by Gasteiger charge is -2.39. The Labute approximate surface area is 195 Å². The average Bonchev–Trinajstić information content (AvgIpc) is 2.80. The molecule has 0 unspecified atom stereocenters. The molecule has 2 N–H and O–H groups in total. The fourth-order valence-electron chi connectivity index (χ4n) is 3.89. The molecule has 33 heavy (non-hydrogen) atoms. The highest BCUT2D eigenvalue weighted by molar-refractivity contribution is 5.99. The molecule has 3 rings (SSSR count). The Hall–Kier alpha value is -3.26. The first-order valence-electron chi connectivity index (χ1n) is 11.2. The van der Waals surface area contributed by atoms with Gasteiger partial charge in [0.05, 0.1) is 30.4 Å². The number of fused-ring (bicyclic) bond motifs is 1. The smallest absolute Gasteiger partial charge is 0.321 e. The standard InChI is InChI=1S/C25H34N4O4/c1-17-14-29(18(2)16-30)24(31)20-12-9-13-21(27(3)4)23(20)33-22(17)15-28(5)25(32)26-19-10-7-6-8-11-19/h6-13,17-18,22,30H,14-16H2,1-5H3,(H,26,32)/t17-,18+,22-/m0/s1. The number of carbonyl (C=O) groups excluding carboxylic acids is 2. The molecule has 0 spiro atoms. The maximum absolute atomic E-state index is 13.4. The Balaban J connectivity index is 1.91. The van der Waals surface area contributed by atoms with Gasteiger partial charge in [0.2, 0.25) is 0 Å². The lowest BCUT2D eigenvalue weighted by molar-refractivity contribution is 0.0372. The molecule has 8 heteroatoms. The second-order valence-corrected chi connectivity index (χ2v) is 8.85. The summed E-state index contributed by atoms with van der Waals surface area (Å²) in [5.41, 5.74) is 1.96. The summed E-state index contributed by atoms with van der Waals surface area (Å²) in [6.45, 7) is 4.44. The van der Waals surface area contributed by atoms with E-state index in [0.717, 1.165) is 11.4 Å². The van der Waals surface area contributed by atoms with Crippen LogP contribution in [-0.2, 0) is 0 Å². The van der Waals surface area contributed by atoms with E-state index in [9.17, 15) is 14.7 Å². The number of amides is 3. The molecule has 0 radical (unpaired) electrons. The second kappa shape index (κ2) is 10.6. The molecule has 8 nitrogen and oxygen atoms in total. The summed E-state index contributed by atoms with van der Waals surface area (Å²) in [5, 5.41) is 12.7. The predicted octanol–water partition coefficient (Wildman–Crippen LogP) is 3.14. The lowest BCUT2D eigenvalue weighted by Crippen LogP contribution is -2.50. The molecule has 3 atom stereocenters. The number of benzene rings is 2. The van der Waals surface area contributed by atoms with Crippen LogP contribution >= 0.6 is 0 Å².